The molecule has 1 aromatic rings. The first-order valence-electron chi connectivity index (χ1n) is 10.6. The molecule has 1 saturated carbocycles. The van der Waals surface area contributed by atoms with Crippen LogP contribution in [0.3, 0.4) is 0 Å². The zero-order chi connectivity index (χ0) is 21.8. The Morgan fingerprint density at radius 1 is 1.10 bits per heavy atom. The average molecular weight is 464 g/mol. The molecule has 7 nitrogen and oxygen atoms in total. The summed E-state index contributed by atoms with van der Waals surface area (Å²) in [6, 6.07) is 6.49. The molecule has 0 heterocycles. The summed E-state index contributed by atoms with van der Waals surface area (Å²) < 4.78 is 15.8. The molecule has 0 saturated heterocycles. The number of ether oxygens (including phenoxy) is 3. The van der Waals surface area contributed by atoms with E-state index in [4.69, 9.17) is 25.8 Å². The van der Waals surface area contributed by atoms with Crippen LogP contribution in [0.2, 0.25) is 5.02 Å². The Balaban J connectivity index is 0.00000480. The number of benzene rings is 1. The summed E-state index contributed by atoms with van der Waals surface area (Å²) in [4.78, 5) is 36.1. The third-order valence-electron chi connectivity index (χ3n) is 4.82. The average Bonchev–Trinajstić information content (AvgIpc) is 2.73. The van der Waals surface area contributed by atoms with Gasteiger partial charge in [-0.05, 0) is 49.9 Å². The molecule has 1 fully saturated rings. The number of halogens is 1. The van der Waals surface area contributed by atoms with Crippen molar-refractivity contribution in [1.82, 2.24) is 5.32 Å². The van der Waals surface area contributed by atoms with Gasteiger partial charge in [0.1, 0.15) is 5.75 Å². The third kappa shape index (κ3) is 11.2. The molecule has 1 unspecified atom stereocenters. The summed E-state index contributed by atoms with van der Waals surface area (Å²) in [6.45, 7) is 2.17. The van der Waals surface area contributed by atoms with Crippen molar-refractivity contribution in [2.24, 2.45) is 5.92 Å². The van der Waals surface area contributed by atoms with Crippen LogP contribution in [0.15, 0.2) is 24.3 Å². The van der Waals surface area contributed by atoms with E-state index < -0.39 is 18.4 Å². The molecule has 1 amide bonds. The number of esters is 2. The van der Waals surface area contributed by atoms with Gasteiger partial charge in [-0.2, -0.15) is 0 Å². The van der Waals surface area contributed by atoms with Crippen LogP contribution in [0.4, 0.5) is 4.79 Å². The molecule has 0 radical (unpaired) electrons. The van der Waals surface area contributed by atoms with Crippen LogP contribution in [0.1, 0.15) is 64.7 Å². The number of alkyl carbamates (subject to hydrolysis) is 1. The maximum absolute atomic E-state index is 12.3. The minimum atomic E-state index is -0.890. The van der Waals surface area contributed by atoms with E-state index in [1.54, 1.807) is 24.3 Å². The van der Waals surface area contributed by atoms with Crippen LogP contribution in [0.25, 0.3) is 0 Å². The Morgan fingerprint density at radius 3 is 2.42 bits per heavy atom. The number of hydrogen-bond donors (Lipinski definition) is 1. The van der Waals surface area contributed by atoms with Gasteiger partial charge in [0.25, 0.3) is 0 Å². The van der Waals surface area contributed by atoms with E-state index >= 15 is 0 Å². The zero-order valence-electron chi connectivity index (χ0n) is 17.4. The van der Waals surface area contributed by atoms with E-state index in [0.29, 0.717) is 30.0 Å². The number of hydrogen-bond acceptors (Lipinski definition) is 6. The molecule has 2 rings (SSSR count). The topological polar surface area (TPSA) is 90.9 Å². The Bertz CT molecular complexity index is 694. The summed E-state index contributed by atoms with van der Waals surface area (Å²) in [6.07, 6.45) is 4.99. The van der Waals surface area contributed by atoms with Crippen LogP contribution in [-0.4, -0.2) is 60.4 Å². The van der Waals surface area contributed by atoms with Gasteiger partial charge in [-0.1, -0.05) is 37.8 Å². The van der Waals surface area contributed by atoms with Gasteiger partial charge in [0.05, 0.1) is 5.92 Å². The molecule has 1 aliphatic carbocycles. The van der Waals surface area contributed by atoms with E-state index in [1.807, 2.05) is 6.92 Å². The van der Waals surface area contributed by atoms with Crippen molar-refractivity contribution in [2.45, 2.75) is 71.0 Å². The van der Waals surface area contributed by atoms with Crippen molar-refractivity contribution in [3.8, 4) is 5.75 Å². The molecular weight excluding hydrogens is 433 g/mol. The third-order valence-corrected chi connectivity index (χ3v) is 5.07. The summed E-state index contributed by atoms with van der Waals surface area (Å²) in [7, 11) is 0. The number of carbonyl (C=O) groups excluding carboxylic acids is 3. The van der Waals surface area contributed by atoms with Crippen LogP contribution < -0.4 is 10.1 Å². The van der Waals surface area contributed by atoms with E-state index in [1.165, 1.54) is 0 Å². The van der Waals surface area contributed by atoms with Crippen LogP contribution in [0.5, 0.6) is 5.75 Å². The maximum atomic E-state index is 12.3. The van der Waals surface area contributed by atoms with E-state index in [9.17, 15) is 14.4 Å². The number of amides is 1. The van der Waals surface area contributed by atoms with Gasteiger partial charge in [-0.25, -0.2) is 4.79 Å². The predicted octanol–water partition coefficient (Wildman–Crippen LogP) is 4.35. The monoisotopic (exact) mass is 463 g/mol. The van der Waals surface area contributed by atoms with Gasteiger partial charge >= 0.3 is 47.6 Å². The van der Waals surface area contributed by atoms with Crippen LogP contribution in [-0.2, 0) is 19.1 Å². The Kier molecular flexibility index (Phi) is 13.9. The number of carbonyl (C=O) groups is 3. The fourth-order valence-electron chi connectivity index (χ4n) is 3.21. The Hall–Kier alpha value is -1.28. The van der Waals surface area contributed by atoms with E-state index in [2.05, 4.69) is 5.32 Å². The van der Waals surface area contributed by atoms with Crippen molar-refractivity contribution in [1.29, 1.82) is 0 Å². The first-order chi connectivity index (χ1) is 14.5. The fraction of sp³-hybridized carbons (Fsp3) is 0.591. The molecule has 31 heavy (non-hydrogen) atoms. The van der Waals surface area contributed by atoms with Crippen molar-refractivity contribution in [2.75, 3.05) is 6.54 Å². The first-order valence-corrected chi connectivity index (χ1v) is 11.0. The molecular formula is C22H31ClNNaO6. The van der Waals surface area contributed by atoms with Gasteiger partial charge in [0.15, 0.2) is 0 Å². The van der Waals surface area contributed by atoms with Crippen molar-refractivity contribution < 1.29 is 28.6 Å². The summed E-state index contributed by atoms with van der Waals surface area (Å²) in [5.41, 5.74) is 0. The van der Waals surface area contributed by atoms with Crippen molar-refractivity contribution in [3.05, 3.63) is 29.3 Å². The zero-order valence-corrected chi connectivity index (χ0v) is 18.1. The molecule has 1 aliphatic rings. The number of nitrogens with one attached hydrogen (secondary N) is 1. The first kappa shape index (κ1) is 27.8. The fourth-order valence-corrected chi connectivity index (χ4v) is 3.34. The van der Waals surface area contributed by atoms with Gasteiger partial charge in [-0.3, -0.25) is 9.59 Å². The van der Waals surface area contributed by atoms with Gasteiger partial charge in [0, 0.05) is 24.4 Å². The summed E-state index contributed by atoms with van der Waals surface area (Å²) in [5, 5.41) is 3.13. The SMILES string of the molecule is CCCC(OC(=O)NCCCC(=O)Oc1ccc(Cl)cc1)OC(=O)C1CCCCC1.[NaH]. The molecule has 1 atom stereocenters. The van der Waals surface area contributed by atoms with Crippen molar-refractivity contribution in [3.63, 3.8) is 0 Å². The summed E-state index contributed by atoms with van der Waals surface area (Å²) >= 11 is 5.78. The van der Waals surface area contributed by atoms with E-state index in [-0.39, 0.29) is 54.4 Å². The standard InChI is InChI=1S/C22H30ClNO6.Na.H/c1-2-7-20(29-21(26)16-8-4-3-5-9-16)30-22(27)24-15-6-10-19(25)28-18-13-11-17(23)12-14-18;;/h11-14,16,20H,2-10,15H2,1H3,(H,24,27);;. The second-order valence-electron chi connectivity index (χ2n) is 7.35. The molecule has 9 heteroatoms. The second-order valence-corrected chi connectivity index (χ2v) is 7.79. The van der Waals surface area contributed by atoms with Crippen LogP contribution in [0, 0.1) is 5.92 Å². The summed E-state index contributed by atoms with van der Waals surface area (Å²) in [5.74, 6) is -0.376. The van der Waals surface area contributed by atoms with Crippen LogP contribution >= 0.6 is 11.6 Å². The predicted molar refractivity (Wildman–Crippen MR) is 119 cm³/mol. The molecule has 1 N–H and O–H groups in total. The van der Waals surface area contributed by atoms with Gasteiger partial charge in [-0.15, -0.1) is 0 Å². The normalized spacial score (nSPS) is 14.6. The molecule has 0 aliphatic heterocycles. The Morgan fingerprint density at radius 2 is 1.77 bits per heavy atom. The number of rotatable bonds is 10. The quantitative estimate of drug-likeness (QED) is 0.182. The molecule has 168 valence electrons. The second kappa shape index (κ2) is 15.5. The van der Waals surface area contributed by atoms with Gasteiger partial charge < -0.3 is 19.5 Å². The van der Waals surface area contributed by atoms with Crippen molar-refractivity contribution >= 4 is 59.2 Å². The Labute approximate surface area is 210 Å². The molecule has 0 spiro atoms. The molecule has 0 bridgehead atoms. The van der Waals surface area contributed by atoms with E-state index in [0.717, 1.165) is 32.1 Å². The van der Waals surface area contributed by atoms with Gasteiger partial charge in [0.2, 0.25) is 6.29 Å². The molecule has 1 aromatic carbocycles. The molecule has 0 aromatic heterocycles. The minimum absolute atomic E-state index is 0.